The molecule has 4 nitrogen and oxygen atoms in total. The number of rotatable bonds is 1. The summed E-state index contributed by atoms with van der Waals surface area (Å²) in [5, 5.41) is 0.550. The van der Waals surface area contributed by atoms with Crippen molar-refractivity contribution in [1.29, 1.82) is 0 Å². The van der Waals surface area contributed by atoms with E-state index in [9.17, 15) is 4.39 Å². The molecule has 0 saturated carbocycles. The molecule has 2 N–H and O–H groups in total. The second-order valence-electron chi connectivity index (χ2n) is 4.86. The number of hydrogen-bond acceptors (Lipinski definition) is 4. The fraction of sp³-hybridized carbons (Fsp3) is 0.0667. The van der Waals surface area contributed by atoms with Crippen LogP contribution < -0.4 is 5.73 Å². The van der Waals surface area contributed by atoms with Gasteiger partial charge in [0.05, 0.1) is 21.3 Å². The molecule has 0 bridgehead atoms. The molecule has 0 unspecified atom stereocenters. The highest BCUT2D eigenvalue weighted by atomic mass is 32.1. The number of nitrogens with zero attached hydrogens (tertiary/aromatic N) is 3. The van der Waals surface area contributed by atoms with E-state index in [1.807, 2.05) is 29.8 Å². The molecular weight excluding hydrogens is 287 g/mol. The van der Waals surface area contributed by atoms with Gasteiger partial charge in [-0.2, -0.15) is 0 Å². The number of anilines is 1. The lowest BCUT2D eigenvalue weighted by molar-refractivity contribution is 0.629. The van der Waals surface area contributed by atoms with Crippen molar-refractivity contribution in [2.75, 3.05) is 5.73 Å². The molecule has 4 aromatic rings. The summed E-state index contributed by atoms with van der Waals surface area (Å²) in [6.07, 6.45) is 0. The van der Waals surface area contributed by atoms with Gasteiger partial charge in [0.15, 0.2) is 5.13 Å². The average Bonchev–Trinajstić information content (AvgIpc) is 2.98. The summed E-state index contributed by atoms with van der Waals surface area (Å²) in [7, 11) is 1.88. The van der Waals surface area contributed by atoms with Gasteiger partial charge in [-0.25, -0.2) is 14.4 Å². The second kappa shape index (κ2) is 4.26. The minimum absolute atomic E-state index is 0.261. The largest absolute Gasteiger partial charge is 0.375 e. The quantitative estimate of drug-likeness (QED) is 0.584. The minimum Gasteiger partial charge on any atom is -0.375 e. The molecule has 2 aromatic carbocycles. The molecule has 6 heteroatoms. The van der Waals surface area contributed by atoms with Gasteiger partial charge in [-0.15, -0.1) is 0 Å². The van der Waals surface area contributed by atoms with Gasteiger partial charge < -0.3 is 10.3 Å². The monoisotopic (exact) mass is 298 g/mol. The number of aromatic nitrogens is 3. The molecular formula is C15H11FN4S. The summed E-state index contributed by atoms with van der Waals surface area (Å²) < 4.78 is 16.3. The van der Waals surface area contributed by atoms with Crippen molar-refractivity contribution in [3.8, 4) is 11.4 Å². The van der Waals surface area contributed by atoms with Crippen LogP contribution in [-0.2, 0) is 7.05 Å². The van der Waals surface area contributed by atoms with Gasteiger partial charge in [-0.05, 0) is 36.4 Å². The van der Waals surface area contributed by atoms with Crippen LogP contribution >= 0.6 is 11.3 Å². The molecule has 0 amide bonds. The molecule has 21 heavy (non-hydrogen) atoms. The number of fused-ring (bicyclic) bond motifs is 2. The van der Waals surface area contributed by atoms with E-state index in [1.54, 1.807) is 6.07 Å². The Hall–Kier alpha value is -2.47. The zero-order chi connectivity index (χ0) is 14.6. The van der Waals surface area contributed by atoms with E-state index < -0.39 is 0 Å². The Morgan fingerprint density at radius 3 is 2.76 bits per heavy atom. The van der Waals surface area contributed by atoms with Crippen LogP contribution in [0.4, 0.5) is 9.52 Å². The Kier molecular flexibility index (Phi) is 2.49. The zero-order valence-corrected chi connectivity index (χ0v) is 12.0. The van der Waals surface area contributed by atoms with Crippen LogP contribution in [0.5, 0.6) is 0 Å². The molecule has 104 valence electrons. The molecule has 0 spiro atoms. The Morgan fingerprint density at radius 2 is 1.90 bits per heavy atom. The van der Waals surface area contributed by atoms with Gasteiger partial charge in [0, 0.05) is 12.6 Å². The summed E-state index contributed by atoms with van der Waals surface area (Å²) in [6, 6.07) is 10.5. The lowest BCUT2D eigenvalue weighted by Gasteiger charge is -2.02. The number of imidazole rings is 1. The van der Waals surface area contributed by atoms with E-state index >= 15 is 0 Å². The fourth-order valence-electron chi connectivity index (χ4n) is 2.50. The Bertz CT molecular complexity index is 986. The standard InChI is InChI=1S/C15H11FN4S/c1-20-12-7-9(16)3-5-10(12)18-14(20)8-2-4-11-13(6-8)21-15(17)19-11/h2-7H,1H3,(H2,17,19). The third-order valence-electron chi connectivity index (χ3n) is 3.51. The Balaban J connectivity index is 1.96. The summed E-state index contributed by atoms with van der Waals surface area (Å²) in [5.74, 6) is 0.534. The maximum absolute atomic E-state index is 13.4. The molecule has 0 aliphatic rings. The first-order valence-corrected chi connectivity index (χ1v) is 7.22. The SMILES string of the molecule is Cn1c(-c2ccc3nc(N)sc3c2)nc2ccc(F)cc21. The molecule has 0 aliphatic heterocycles. The smallest absolute Gasteiger partial charge is 0.181 e. The summed E-state index contributed by atoms with van der Waals surface area (Å²) in [4.78, 5) is 8.83. The average molecular weight is 298 g/mol. The first-order chi connectivity index (χ1) is 10.1. The van der Waals surface area contributed by atoms with Crippen molar-refractivity contribution in [2.45, 2.75) is 0 Å². The van der Waals surface area contributed by atoms with Crippen molar-refractivity contribution in [3.05, 3.63) is 42.2 Å². The van der Waals surface area contributed by atoms with Crippen LogP contribution in [0.25, 0.3) is 32.6 Å². The molecule has 2 heterocycles. The van der Waals surface area contributed by atoms with Crippen LogP contribution in [0.1, 0.15) is 0 Å². The van der Waals surface area contributed by atoms with Gasteiger partial charge in [0.1, 0.15) is 11.6 Å². The first-order valence-electron chi connectivity index (χ1n) is 6.40. The van der Waals surface area contributed by atoms with E-state index in [1.165, 1.54) is 23.5 Å². The third-order valence-corrected chi connectivity index (χ3v) is 4.35. The second-order valence-corrected chi connectivity index (χ2v) is 5.92. The highest BCUT2D eigenvalue weighted by Gasteiger charge is 2.12. The lowest BCUT2D eigenvalue weighted by Crippen LogP contribution is -1.92. The molecule has 2 aromatic heterocycles. The van der Waals surface area contributed by atoms with Crippen LogP contribution in [0, 0.1) is 5.82 Å². The van der Waals surface area contributed by atoms with Gasteiger partial charge >= 0.3 is 0 Å². The predicted octanol–water partition coefficient (Wildman–Crippen LogP) is 3.57. The van der Waals surface area contributed by atoms with E-state index in [0.29, 0.717) is 5.13 Å². The number of halogens is 1. The summed E-state index contributed by atoms with van der Waals surface area (Å²) in [5.41, 5.74) is 9.12. The summed E-state index contributed by atoms with van der Waals surface area (Å²) >= 11 is 1.45. The highest BCUT2D eigenvalue weighted by molar-refractivity contribution is 7.22. The third kappa shape index (κ3) is 1.87. The normalized spacial score (nSPS) is 11.5. The molecule has 0 fully saturated rings. The van der Waals surface area contributed by atoms with Crippen molar-refractivity contribution >= 4 is 37.7 Å². The lowest BCUT2D eigenvalue weighted by atomic mass is 10.2. The summed E-state index contributed by atoms with van der Waals surface area (Å²) in [6.45, 7) is 0. The van der Waals surface area contributed by atoms with Crippen molar-refractivity contribution in [3.63, 3.8) is 0 Å². The Labute approximate surface area is 123 Å². The van der Waals surface area contributed by atoms with Gasteiger partial charge in [0.25, 0.3) is 0 Å². The van der Waals surface area contributed by atoms with Crippen molar-refractivity contribution < 1.29 is 4.39 Å². The maximum Gasteiger partial charge on any atom is 0.181 e. The van der Waals surface area contributed by atoms with E-state index in [-0.39, 0.29) is 5.82 Å². The number of benzene rings is 2. The minimum atomic E-state index is -0.261. The van der Waals surface area contributed by atoms with E-state index in [4.69, 9.17) is 5.73 Å². The fourth-order valence-corrected chi connectivity index (χ4v) is 3.28. The van der Waals surface area contributed by atoms with Crippen LogP contribution in [0.15, 0.2) is 36.4 Å². The predicted molar refractivity (Wildman–Crippen MR) is 83.7 cm³/mol. The van der Waals surface area contributed by atoms with E-state index in [0.717, 1.165) is 32.6 Å². The molecule has 4 rings (SSSR count). The van der Waals surface area contributed by atoms with Crippen LogP contribution in [-0.4, -0.2) is 14.5 Å². The number of aryl methyl sites for hydroxylation is 1. The zero-order valence-electron chi connectivity index (χ0n) is 11.2. The first kappa shape index (κ1) is 12.3. The van der Waals surface area contributed by atoms with Gasteiger partial charge in [-0.1, -0.05) is 11.3 Å². The number of nitrogens with two attached hydrogens (primary N) is 1. The molecule has 0 radical (unpaired) electrons. The topological polar surface area (TPSA) is 56.7 Å². The maximum atomic E-state index is 13.4. The van der Waals surface area contributed by atoms with Crippen molar-refractivity contribution in [2.24, 2.45) is 7.05 Å². The number of nitrogen functional groups attached to an aromatic ring is 1. The van der Waals surface area contributed by atoms with Crippen LogP contribution in [0.3, 0.4) is 0 Å². The highest BCUT2D eigenvalue weighted by Crippen LogP contribution is 2.30. The number of hydrogen-bond donors (Lipinski definition) is 1. The van der Waals surface area contributed by atoms with Gasteiger partial charge in [-0.3, -0.25) is 0 Å². The van der Waals surface area contributed by atoms with Gasteiger partial charge in [0.2, 0.25) is 0 Å². The molecule has 0 atom stereocenters. The number of thiazole rings is 1. The van der Waals surface area contributed by atoms with Crippen LogP contribution in [0.2, 0.25) is 0 Å². The Morgan fingerprint density at radius 1 is 1.10 bits per heavy atom. The van der Waals surface area contributed by atoms with Crippen molar-refractivity contribution in [1.82, 2.24) is 14.5 Å². The molecule has 0 aliphatic carbocycles. The van der Waals surface area contributed by atoms with E-state index in [2.05, 4.69) is 9.97 Å². The molecule has 0 saturated heterocycles.